The van der Waals surface area contributed by atoms with Crippen molar-refractivity contribution < 1.29 is 18.3 Å². The van der Waals surface area contributed by atoms with Gasteiger partial charge in [0.05, 0.1) is 5.56 Å². The smallest absolute Gasteiger partial charge is 0.373 e. The van der Waals surface area contributed by atoms with Crippen LogP contribution in [0.2, 0.25) is 0 Å². The van der Waals surface area contributed by atoms with Gasteiger partial charge in [0.2, 0.25) is 5.16 Å². The van der Waals surface area contributed by atoms with Crippen molar-refractivity contribution in [2.75, 3.05) is 11.1 Å². The number of nitrogens with one attached hydrogen (secondary N) is 2. The largest absolute Gasteiger partial charge is 0.418 e. The maximum atomic E-state index is 13.1. The number of anilines is 1. The minimum absolute atomic E-state index is 0.0413. The maximum Gasteiger partial charge on any atom is 0.418 e. The lowest BCUT2D eigenvalue weighted by molar-refractivity contribution is -0.137. The summed E-state index contributed by atoms with van der Waals surface area (Å²) in [4.78, 5) is 7.61. The Balaban J connectivity index is 1.48. The fourth-order valence-corrected chi connectivity index (χ4v) is 3.76. The quantitative estimate of drug-likeness (QED) is 0.304. The molecule has 2 heterocycles. The third kappa shape index (κ3) is 4.19. The number of rotatable bonds is 6. The number of halogens is 3. The van der Waals surface area contributed by atoms with Gasteiger partial charge in [0.1, 0.15) is 11.7 Å². The Bertz CT molecular complexity index is 1190. The van der Waals surface area contributed by atoms with Gasteiger partial charge in [-0.05, 0) is 36.2 Å². The summed E-state index contributed by atoms with van der Waals surface area (Å²) in [6.07, 6.45) is -4.84. The Kier molecular flexibility index (Phi) is 5.52. The summed E-state index contributed by atoms with van der Waals surface area (Å²) in [5, 5.41) is 22.2. The molecule has 0 aliphatic rings. The summed E-state index contributed by atoms with van der Waals surface area (Å²) < 4.78 is 39.2. The van der Waals surface area contributed by atoms with Gasteiger partial charge in [-0.25, -0.2) is 4.98 Å². The number of alkyl halides is 3. The number of H-pyrrole nitrogens is 1. The molecular weight excluding hydrogens is 415 g/mol. The molecule has 3 N–H and O–H groups in total. The number of thioether (sulfide) groups is 1. The van der Waals surface area contributed by atoms with Crippen molar-refractivity contribution >= 4 is 39.5 Å². The lowest BCUT2D eigenvalue weighted by Crippen LogP contribution is -2.23. The van der Waals surface area contributed by atoms with Crippen LogP contribution in [0.3, 0.4) is 0 Å². The summed E-state index contributed by atoms with van der Waals surface area (Å²) in [7, 11) is 0. The van der Waals surface area contributed by atoms with Crippen LogP contribution >= 0.6 is 11.8 Å². The Labute approximate surface area is 173 Å². The number of aryl methyl sites for hydroxylation is 1. The molecule has 6 nitrogen and oxygen atoms in total. The molecule has 0 saturated heterocycles. The predicted molar refractivity (Wildman–Crippen MR) is 110 cm³/mol. The SMILES string of the molecule is CCc1ccc2[nH]c3nc(SCC(O)Nc4ccccc4C(F)(F)F)nnc3c2c1. The van der Waals surface area contributed by atoms with Gasteiger partial charge in [0.15, 0.2) is 5.65 Å². The summed E-state index contributed by atoms with van der Waals surface area (Å²) in [5.74, 6) is 0.0413. The van der Waals surface area contributed by atoms with Crippen molar-refractivity contribution in [3.05, 3.63) is 53.6 Å². The van der Waals surface area contributed by atoms with Gasteiger partial charge in [0, 0.05) is 22.3 Å². The van der Waals surface area contributed by atoms with Crippen LogP contribution in [-0.4, -0.2) is 37.3 Å². The molecule has 2 aromatic heterocycles. The lowest BCUT2D eigenvalue weighted by atomic mass is 10.1. The third-order valence-electron chi connectivity index (χ3n) is 4.59. The van der Waals surface area contributed by atoms with Crippen molar-refractivity contribution in [3.8, 4) is 0 Å². The molecule has 0 aliphatic carbocycles. The van der Waals surface area contributed by atoms with Crippen LogP contribution in [0, 0.1) is 0 Å². The number of benzene rings is 2. The molecule has 156 valence electrons. The van der Waals surface area contributed by atoms with Crippen LogP contribution < -0.4 is 5.32 Å². The summed E-state index contributed by atoms with van der Waals surface area (Å²) >= 11 is 1.10. The molecule has 0 spiro atoms. The second-order valence-electron chi connectivity index (χ2n) is 6.66. The van der Waals surface area contributed by atoms with E-state index in [9.17, 15) is 18.3 Å². The summed E-state index contributed by atoms with van der Waals surface area (Å²) in [6.45, 7) is 2.07. The van der Waals surface area contributed by atoms with Crippen LogP contribution in [0.1, 0.15) is 18.1 Å². The van der Waals surface area contributed by atoms with E-state index >= 15 is 0 Å². The molecular formula is C20H18F3N5OS. The minimum atomic E-state index is -4.51. The van der Waals surface area contributed by atoms with Gasteiger partial charge >= 0.3 is 6.18 Å². The number of fused-ring (bicyclic) bond motifs is 3. The molecule has 0 fully saturated rings. The highest BCUT2D eigenvalue weighted by molar-refractivity contribution is 7.99. The number of aliphatic hydroxyl groups excluding tert-OH is 1. The fourth-order valence-electron chi connectivity index (χ4n) is 3.12. The first-order chi connectivity index (χ1) is 14.3. The number of nitrogens with zero attached hydrogens (tertiary/aromatic N) is 3. The van der Waals surface area contributed by atoms with E-state index in [1.54, 1.807) is 0 Å². The van der Waals surface area contributed by atoms with Crippen LogP contribution in [0.4, 0.5) is 18.9 Å². The van der Waals surface area contributed by atoms with Gasteiger partial charge < -0.3 is 15.4 Å². The molecule has 0 bridgehead atoms. The Hall–Kier alpha value is -2.85. The normalized spacial score (nSPS) is 13.1. The molecule has 4 aromatic rings. The van der Waals surface area contributed by atoms with Crippen molar-refractivity contribution in [1.82, 2.24) is 20.2 Å². The maximum absolute atomic E-state index is 13.1. The number of aliphatic hydroxyl groups is 1. The van der Waals surface area contributed by atoms with Crippen molar-refractivity contribution in [3.63, 3.8) is 0 Å². The molecule has 10 heteroatoms. The lowest BCUT2D eigenvalue weighted by Gasteiger charge is -2.17. The van der Waals surface area contributed by atoms with E-state index in [1.807, 2.05) is 18.2 Å². The predicted octanol–water partition coefficient (Wildman–Crippen LogP) is 4.61. The second kappa shape index (κ2) is 8.11. The standard InChI is InChI=1S/C20H18F3N5OS/c1-2-11-7-8-14-12(9-11)17-18(25-14)26-19(28-27-17)30-10-16(29)24-15-6-4-3-5-13(15)20(21,22)23/h3-9,16,24,29H,2,10H2,1H3,(H,25,26,28). The van der Waals surface area contributed by atoms with Crippen LogP contribution in [0.15, 0.2) is 47.6 Å². The highest BCUT2D eigenvalue weighted by Crippen LogP contribution is 2.35. The average Bonchev–Trinajstić information content (AvgIpc) is 3.08. The van der Waals surface area contributed by atoms with E-state index in [0.717, 1.165) is 35.2 Å². The molecule has 0 radical (unpaired) electrons. The average molecular weight is 433 g/mol. The Morgan fingerprint density at radius 2 is 1.97 bits per heavy atom. The second-order valence-corrected chi connectivity index (χ2v) is 7.65. The van der Waals surface area contributed by atoms with Crippen molar-refractivity contribution in [2.24, 2.45) is 0 Å². The molecule has 0 amide bonds. The van der Waals surface area contributed by atoms with E-state index in [0.29, 0.717) is 16.3 Å². The van der Waals surface area contributed by atoms with Crippen molar-refractivity contribution in [1.29, 1.82) is 0 Å². The highest BCUT2D eigenvalue weighted by atomic mass is 32.2. The molecule has 1 unspecified atom stereocenters. The molecule has 0 saturated carbocycles. The Morgan fingerprint density at radius 1 is 1.17 bits per heavy atom. The summed E-state index contributed by atoms with van der Waals surface area (Å²) in [5.41, 5.74) is 2.28. The number of para-hydroxylation sites is 1. The van der Waals surface area contributed by atoms with E-state index in [-0.39, 0.29) is 11.4 Å². The van der Waals surface area contributed by atoms with E-state index in [4.69, 9.17) is 0 Å². The fraction of sp³-hybridized carbons (Fsp3) is 0.250. The highest BCUT2D eigenvalue weighted by Gasteiger charge is 2.33. The Morgan fingerprint density at radius 3 is 2.73 bits per heavy atom. The van der Waals surface area contributed by atoms with Gasteiger partial charge in [-0.1, -0.05) is 36.9 Å². The summed E-state index contributed by atoms with van der Waals surface area (Å²) in [6, 6.07) is 11.0. The van der Waals surface area contributed by atoms with Crippen LogP contribution in [0.25, 0.3) is 22.1 Å². The number of aromatic nitrogens is 4. The molecule has 4 rings (SSSR count). The van der Waals surface area contributed by atoms with Gasteiger partial charge in [-0.15, -0.1) is 10.2 Å². The molecule has 2 aromatic carbocycles. The van der Waals surface area contributed by atoms with E-state index in [2.05, 4.69) is 32.4 Å². The number of hydrogen-bond donors (Lipinski definition) is 3. The minimum Gasteiger partial charge on any atom is -0.373 e. The topological polar surface area (TPSA) is 86.7 Å². The van der Waals surface area contributed by atoms with Gasteiger partial charge in [-0.2, -0.15) is 13.2 Å². The number of hydrogen-bond acceptors (Lipinski definition) is 6. The third-order valence-corrected chi connectivity index (χ3v) is 5.51. The first-order valence-corrected chi connectivity index (χ1v) is 10.2. The van der Waals surface area contributed by atoms with Crippen LogP contribution in [-0.2, 0) is 12.6 Å². The first kappa shape index (κ1) is 20.4. The molecule has 30 heavy (non-hydrogen) atoms. The zero-order valence-corrected chi connectivity index (χ0v) is 16.7. The van der Waals surface area contributed by atoms with E-state index in [1.165, 1.54) is 23.8 Å². The zero-order valence-electron chi connectivity index (χ0n) is 15.9. The molecule has 0 aliphatic heterocycles. The van der Waals surface area contributed by atoms with Gasteiger partial charge in [0.25, 0.3) is 0 Å². The van der Waals surface area contributed by atoms with Gasteiger partial charge in [-0.3, -0.25) is 0 Å². The zero-order chi connectivity index (χ0) is 21.3. The van der Waals surface area contributed by atoms with Crippen LogP contribution in [0.5, 0.6) is 0 Å². The monoisotopic (exact) mass is 433 g/mol. The molecule has 1 atom stereocenters. The first-order valence-electron chi connectivity index (χ1n) is 9.24. The van der Waals surface area contributed by atoms with E-state index < -0.39 is 18.0 Å². The number of aromatic amines is 1. The van der Waals surface area contributed by atoms with Crippen molar-refractivity contribution in [2.45, 2.75) is 30.9 Å².